The largest absolute Gasteiger partial charge is 0.492 e. The number of benzene rings is 2. The summed E-state index contributed by atoms with van der Waals surface area (Å²) >= 11 is 0. The molecule has 1 N–H and O–H groups in total. The van der Waals surface area contributed by atoms with Crippen molar-refractivity contribution in [3.8, 4) is 5.75 Å². The zero-order valence-electron chi connectivity index (χ0n) is 14.8. The van der Waals surface area contributed by atoms with Crippen LogP contribution in [0, 0.1) is 0 Å². The Kier molecular flexibility index (Phi) is 5.71. The molecule has 1 aliphatic rings. The molecule has 0 radical (unpaired) electrons. The van der Waals surface area contributed by atoms with Crippen LogP contribution in [0.15, 0.2) is 54.6 Å². The Morgan fingerprint density at radius 2 is 2.04 bits per heavy atom. The van der Waals surface area contributed by atoms with Gasteiger partial charge in [0.25, 0.3) is 0 Å². The molecule has 3 rings (SSSR count). The van der Waals surface area contributed by atoms with Gasteiger partial charge in [-0.2, -0.15) is 0 Å². The number of nitrogens with one attached hydrogen (secondary N) is 1. The maximum absolute atomic E-state index is 10.3. The van der Waals surface area contributed by atoms with Crippen LogP contribution in [0.3, 0.4) is 0 Å². The Morgan fingerprint density at radius 1 is 1.20 bits per heavy atom. The number of ether oxygens (including phenoxy) is 1. The van der Waals surface area contributed by atoms with E-state index < -0.39 is 0 Å². The van der Waals surface area contributed by atoms with E-state index in [1.165, 1.54) is 11.1 Å². The predicted molar refractivity (Wildman–Crippen MR) is 99.9 cm³/mol. The molecule has 0 aromatic heterocycles. The van der Waals surface area contributed by atoms with Crippen molar-refractivity contribution in [2.45, 2.75) is 18.3 Å². The number of carbonyl (C=O) groups is 1. The van der Waals surface area contributed by atoms with E-state index in [0.29, 0.717) is 19.6 Å². The number of carbonyl (C=O) groups excluding carboxylic acids is 1. The highest BCUT2D eigenvalue weighted by Gasteiger charge is 2.38. The van der Waals surface area contributed by atoms with Gasteiger partial charge in [-0.1, -0.05) is 42.5 Å². The minimum atomic E-state index is 0.122. The van der Waals surface area contributed by atoms with Gasteiger partial charge in [0.15, 0.2) is 0 Å². The highest BCUT2D eigenvalue weighted by molar-refractivity contribution is 5.45. The second kappa shape index (κ2) is 8.17. The van der Waals surface area contributed by atoms with Crippen molar-refractivity contribution < 1.29 is 9.53 Å². The summed E-state index contributed by atoms with van der Waals surface area (Å²) < 4.78 is 5.80. The van der Waals surface area contributed by atoms with Crippen molar-refractivity contribution in [2.24, 2.45) is 0 Å². The second-order valence-electron chi connectivity index (χ2n) is 6.88. The lowest BCUT2D eigenvalue weighted by Crippen LogP contribution is -2.32. The third-order valence-corrected chi connectivity index (χ3v) is 4.97. The maximum atomic E-state index is 10.3. The third-order valence-electron chi connectivity index (χ3n) is 4.97. The van der Waals surface area contributed by atoms with E-state index in [-0.39, 0.29) is 5.41 Å². The van der Waals surface area contributed by atoms with Crippen LogP contribution < -0.4 is 10.1 Å². The van der Waals surface area contributed by atoms with Crippen molar-refractivity contribution >= 4 is 6.41 Å². The summed E-state index contributed by atoms with van der Waals surface area (Å²) in [5, 5.41) is 2.62. The average Bonchev–Trinajstić information content (AvgIpc) is 3.02. The zero-order chi connectivity index (χ0) is 17.5. The summed E-state index contributed by atoms with van der Waals surface area (Å²) in [4.78, 5) is 12.7. The molecule has 2 aromatic rings. The Labute approximate surface area is 149 Å². The van der Waals surface area contributed by atoms with Gasteiger partial charge in [0.05, 0.1) is 6.54 Å². The van der Waals surface area contributed by atoms with Crippen molar-refractivity contribution in [1.82, 2.24) is 10.2 Å². The number of amides is 1. The number of hydrogen-bond donors (Lipinski definition) is 1. The highest BCUT2D eigenvalue weighted by atomic mass is 16.5. The molecule has 25 heavy (non-hydrogen) atoms. The molecule has 1 aliphatic heterocycles. The number of rotatable bonds is 8. The summed E-state index contributed by atoms with van der Waals surface area (Å²) in [6, 6.07) is 19.2. The molecule has 1 unspecified atom stereocenters. The number of hydrogen-bond acceptors (Lipinski definition) is 3. The molecule has 0 spiro atoms. The molecule has 132 valence electrons. The standard InChI is InChI=1S/C21H26N2O2/c1-23-12-10-21(16-23,15-18-6-3-2-4-7-18)19-8-5-9-20(14-19)25-13-11-22-17-24/h2-9,14,17H,10-13,15-16H2,1H3,(H,22,24). The molecule has 4 heteroatoms. The van der Waals surface area contributed by atoms with Crippen molar-refractivity contribution in [3.63, 3.8) is 0 Å². The van der Waals surface area contributed by atoms with Gasteiger partial charge in [-0.3, -0.25) is 4.79 Å². The first-order valence-corrected chi connectivity index (χ1v) is 8.85. The summed E-state index contributed by atoms with van der Waals surface area (Å²) in [6.07, 6.45) is 2.88. The molecular formula is C21H26N2O2. The van der Waals surface area contributed by atoms with Crippen molar-refractivity contribution in [3.05, 3.63) is 65.7 Å². The lowest BCUT2D eigenvalue weighted by atomic mass is 9.75. The van der Waals surface area contributed by atoms with Crippen molar-refractivity contribution in [2.75, 3.05) is 33.3 Å². The van der Waals surface area contributed by atoms with Crippen LogP contribution in [0.1, 0.15) is 17.5 Å². The Hall–Kier alpha value is -2.33. The molecule has 0 aliphatic carbocycles. The van der Waals surface area contributed by atoms with Crippen LogP contribution >= 0.6 is 0 Å². The average molecular weight is 338 g/mol. The quantitative estimate of drug-likeness (QED) is 0.594. The fourth-order valence-corrected chi connectivity index (χ4v) is 3.75. The Bertz CT molecular complexity index is 689. The summed E-state index contributed by atoms with van der Waals surface area (Å²) in [7, 11) is 2.19. The fourth-order valence-electron chi connectivity index (χ4n) is 3.75. The lowest BCUT2D eigenvalue weighted by molar-refractivity contribution is -0.109. The van der Waals surface area contributed by atoms with Gasteiger partial charge in [-0.15, -0.1) is 0 Å². The molecule has 4 nitrogen and oxygen atoms in total. The number of nitrogens with zero attached hydrogens (tertiary/aromatic N) is 1. The van der Waals surface area contributed by atoms with Crippen LogP contribution in [-0.2, 0) is 16.6 Å². The van der Waals surface area contributed by atoms with Gasteiger partial charge in [0, 0.05) is 12.0 Å². The second-order valence-corrected chi connectivity index (χ2v) is 6.88. The minimum absolute atomic E-state index is 0.122. The van der Waals surface area contributed by atoms with E-state index in [2.05, 4.69) is 65.8 Å². The van der Waals surface area contributed by atoms with Crippen molar-refractivity contribution in [1.29, 1.82) is 0 Å². The van der Waals surface area contributed by atoms with Gasteiger partial charge < -0.3 is 15.0 Å². The van der Waals surface area contributed by atoms with E-state index in [1.54, 1.807) is 0 Å². The fraction of sp³-hybridized carbons (Fsp3) is 0.381. The smallest absolute Gasteiger partial charge is 0.207 e. The summed E-state index contributed by atoms with van der Waals surface area (Å²) in [5.74, 6) is 0.868. The summed E-state index contributed by atoms with van der Waals surface area (Å²) in [5.41, 5.74) is 2.83. The number of likely N-dealkylation sites (tertiary alicyclic amines) is 1. The zero-order valence-corrected chi connectivity index (χ0v) is 14.8. The Balaban J connectivity index is 1.80. The van der Waals surface area contributed by atoms with Gasteiger partial charge in [0.1, 0.15) is 12.4 Å². The minimum Gasteiger partial charge on any atom is -0.492 e. The normalized spacial score (nSPS) is 20.4. The first-order valence-electron chi connectivity index (χ1n) is 8.85. The molecule has 1 fully saturated rings. The SMILES string of the molecule is CN1CCC(Cc2ccccc2)(c2cccc(OCCNC=O)c2)C1. The van der Waals surface area contributed by atoms with Gasteiger partial charge >= 0.3 is 0 Å². The molecule has 1 atom stereocenters. The predicted octanol–water partition coefficient (Wildman–Crippen LogP) is 2.63. The van der Waals surface area contributed by atoms with Crippen LogP contribution in [0.25, 0.3) is 0 Å². The van der Waals surface area contributed by atoms with Gasteiger partial charge in [-0.05, 0) is 49.7 Å². The van der Waals surface area contributed by atoms with Crippen LogP contribution in [0.4, 0.5) is 0 Å². The monoisotopic (exact) mass is 338 g/mol. The van der Waals surface area contributed by atoms with E-state index in [1.807, 2.05) is 6.07 Å². The molecule has 1 saturated heterocycles. The molecule has 1 amide bonds. The van der Waals surface area contributed by atoms with Gasteiger partial charge in [0.2, 0.25) is 6.41 Å². The molecule has 1 heterocycles. The van der Waals surface area contributed by atoms with Crippen LogP contribution in [0.5, 0.6) is 5.75 Å². The van der Waals surface area contributed by atoms with Gasteiger partial charge in [-0.25, -0.2) is 0 Å². The topological polar surface area (TPSA) is 41.6 Å². The molecular weight excluding hydrogens is 312 g/mol. The molecule has 0 bridgehead atoms. The lowest BCUT2D eigenvalue weighted by Gasteiger charge is -2.30. The first kappa shape index (κ1) is 17.5. The molecule has 2 aromatic carbocycles. The first-order chi connectivity index (χ1) is 12.2. The molecule has 0 saturated carbocycles. The highest BCUT2D eigenvalue weighted by Crippen LogP contribution is 2.38. The Morgan fingerprint density at radius 3 is 2.76 bits per heavy atom. The van der Waals surface area contributed by atoms with Crippen LogP contribution in [-0.4, -0.2) is 44.6 Å². The van der Waals surface area contributed by atoms with Crippen LogP contribution in [0.2, 0.25) is 0 Å². The van der Waals surface area contributed by atoms with E-state index in [4.69, 9.17) is 4.74 Å². The van der Waals surface area contributed by atoms with E-state index in [0.717, 1.165) is 31.7 Å². The maximum Gasteiger partial charge on any atom is 0.207 e. The number of likely N-dealkylation sites (N-methyl/N-ethyl adjacent to an activating group) is 1. The van der Waals surface area contributed by atoms with E-state index >= 15 is 0 Å². The summed E-state index contributed by atoms with van der Waals surface area (Å²) in [6.45, 7) is 3.17. The van der Waals surface area contributed by atoms with E-state index in [9.17, 15) is 4.79 Å². The third kappa shape index (κ3) is 4.40.